The number of aromatic nitrogens is 1. The Morgan fingerprint density at radius 2 is 2.27 bits per heavy atom. The molecule has 1 aliphatic heterocycles. The van der Waals surface area contributed by atoms with E-state index in [0.717, 1.165) is 31.7 Å². The van der Waals surface area contributed by atoms with Crippen LogP contribution in [0.2, 0.25) is 0 Å². The lowest BCUT2D eigenvalue weighted by atomic mass is 10.2. The third-order valence-electron chi connectivity index (χ3n) is 3.35. The van der Waals surface area contributed by atoms with Crippen LogP contribution in [0.1, 0.15) is 19.0 Å². The Labute approximate surface area is 140 Å². The summed E-state index contributed by atoms with van der Waals surface area (Å²) in [7, 11) is 0. The molecule has 0 aliphatic carbocycles. The fourth-order valence-electron chi connectivity index (χ4n) is 2.46. The predicted molar refractivity (Wildman–Crippen MR) is 94.3 cm³/mol. The smallest absolute Gasteiger partial charge is 0.223 e. The number of para-hydroxylation sites is 2. The highest BCUT2D eigenvalue weighted by Crippen LogP contribution is 2.29. The van der Waals surface area contributed by atoms with Crippen molar-refractivity contribution >= 4 is 46.2 Å². The van der Waals surface area contributed by atoms with Crippen LogP contribution in [0.5, 0.6) is 0 Å². The van der Waals surface area contributed by atoms with Crippen molar-refractivity contribution in [2.45, 2.75) is 19.9 Å². The normalized spacial score (nSPS) is 13.4. The van der Waals surface area contributed by atoms with Crippen LogP contribution in [0.3, 0.4) is 0 Å². The summed E-state index contributed by atoms with van der Waals surface area (Å²) < 4.78 is 0. The fourth-order valence-corrected chi connectivity index (χ4v) is 3.21. The van der Waals surface area contributed by atoms with Gasteiger partial charge in [0.2, 0.25) is 5.91 Å². The highest BCUT2D eigenvalue weighted by Gasteiger charge is 2.16. The van der Waals surface area contributed by atoms with Crippen molar-refractivity contribution in [2.24, 2.45) is 0 Å². The topological polar surface area (TPSA) is 57.3 Å². The minimum atomic E-state index is -0.0831. The van der Waals surface area contributed by atoms with E-state index in [1.165, 1.54) is 29.6 Å². The van der Waals surface area contributed by atoms with Gasteiger partial charge in [-0.15, -0.1) is 23.7 Å². The van der Waals surface area contributed by atoms with Gasteiger partial charge in [0.25, 0.3) is 0 Å². The minimum Gasteiger partial charge on any atom is -0.383 e. The number of nitrogens with zero attached hydrogens (tertiary/aromatic N) is 2. The summed E-state index contributed by atoms with van der Waals surface area (Å²) in [6, 6.07) is 8.35. The summed E-state index contributed by atoms with van der Waals surface area (Å²) in [4.78, 5) is 17.9. The van der Waals surface area contributed by atoms with Crippen molar-refractivity contribution in [1.82, 2.24) is 4.98 Å². The molecular formula is C15H19ClN4OS. The monoisotopic (exact) mass is 338 g/mol. The maximum atomic E-state index is 11.1. The highest BCUT2D eigenvalue weighted by molar-refractivity contribution is 7.13. The largest absolute Gasteiger partial charge is 0.383 e. The lowest BCUT2D eigenvalue weighted by Crippen LogP contribution is -2.23. The van der Waals surface area contributed by atoms with E-state index in [9.17, 15) is 4.79 Å². The molecule has 0 saturated heterocycles. The van der Waals surface area contributed by atoms with E-state index in [0.29, 0.717) is 5.13 Å². The molecule has 5 nitrogen and oxygen atoms in total. The summed E-state index contributed by atoms with van der Waals surface area (Å²) in [5.41, 5.74) is 3.37. The van der Waals surface area contributed by atoms with Gasteiger partial charge in [0.15, 0.2) is 5.13 Å². The molecule has 0 radical (unpaired) electrons. The van der Waals surface area contributed by atoms with E-state index < -0.39 is 0 Å². The molecule has 1 aromatic heterocycles. The molecule has 2 N–H and O–H groups in total. The van der Waals surface area contributed by atoms with Crippen LogP contribution < -0.4 is 15.5 Å². The number of anilines is 3. The third-order valence-corrected chi connectivity index (χ3v) is 4.16. The number of carbonyl (C=O) groups is 1. The Morgan fingerprint density at radius 3 is 3.09 bits per heavy atom. The standard InChI is InChI=1S/C15H18N4OS.ClH/c1-11(20)17-15-18-12(10-21-15)9-19-8-4-7-16-13-5-2-3-6-14(13)19;/h2-3,5-6,10,16H,4,7-9H2,1H3,(H,17,18,20);1H. The zero-order chi connectivity index (χ0) is 14.7. The zero-order valence-corrected chi connectivity index (χ0v) is 14.0. The van der Waals surface area contributed by atoms with Crippen molar-refractivity contribution in [3.8, 4) is 0 Å². The van der Waals surface area contributed by atoms with Crippen molar-refractivity contribution in [3.63, 3.8) is 0 Å². The molecule has 0 bridgehead atoms. The number of nitrogens with one attached hydrogen (secondary N) is 2. The van der Waals surface area contributed by atoms with Crippen molar-refractivity contribution in [2.75, 3.05) is 28.6 Å². The number of thiazole rings is 1. The number of halogens is 1. The van der Waals surface area contributed by atoms with E-state index in [1.807, 2.05) is 11.4 Å². The number of fused-ring (bicyclic) bond motifs is 1. The van der Waals surface area contributed by atoms with Gasteiger partial charge in [0, 0.05) is 25.4 Å². The van der Waals surface area contributed by atoms with Crippen LogP contribution in [-0.2, 0) is 11.3 Å². The average Bonchev–Trinajstić information content (AvgIpc) is 2.78. The lowest BCUT2D eigenvalue weighted by Gasteiger charge is -2.23. The van der Waals surface area contributed by atoms with Crippen LogP contribution >= 0.6 is 23.7 Å². The van der Waals surface area contributed by atoms with Crippen molar-refractivity contribution < 1.29 is 4.79 Å². The summed E-state index contributed by atoms with van der Waals surface area (Å²) in [6.07, 6.45) is 1.09. The van der Waals surface area contributed by atoms with E-state index in [1.54, 1.807) is 0 Å². The molecule has 0 unspecified atom stereocenters. The zero-order valence-electron chi connectivity index (χ0n) is 12.3. The molecule has 0 saturated carbocycles. The maximum absolute atomic E-state index is 11.1. The Balaban J connectivity index is 0.00000176. The minimum absolute atomic E-state index is 0. The number of carbonyl (C=O) groups excluding carboxylic acids is 1. The number of benzene rings is 1. The SMILES string of the molecule is CC(=O)Nc1nc(CN2CCCNc3ccccc32)cs1.Cl. The molecule has 0 atom stereocenters. The van der Waals surface area contributed by atoms with Gasteiger partial charge in [-0.2, -0.15) is 0 Å². The molecule has 118 valence electrons. The Hall–Kier alpha value is -1.79. The summed E-state index contributed by atoms with van der Waals surface area (Å²) in [6.45, 7) is 4.24. The van der Waals surface area contributed by atoms with Gasteiger partial charge in [-0.05, 0) is 18.6 Å². The van der Waals surface area contributed by atoms with Crippen LogP contribution in [0.4, 0.5) is 16.5 Å². The summed E-state index contributed by atoms with van der Waals surface area (Å²) in [5.74, 6) is -0.0831. The first kappa shape index (κ1) is 16.6. The van der Waals surface area contributed by atoms with Gasteiger partial charge >= 0.3 is 0 Å². The first-order valence-corrected chi connectivity index (χ1v) is 7.90. The molecular weight excluding hydrogens is 320 g/mol. The van der Waals surface area contributed by atoms with E-state index in [-0.39, 0.29) is 18.3 Å². The maximum Gasteiger partial charge on any atom is 0.223 e. The van der Waals surface area contributed by atoms with E-state index >= 15 is 0 Å². The van der Waals surface area contributed by atoms with E-state index in [2.05, 4.69) is 38.7 Å². The number of amides is 1. The van der Waals surface area contributed by atoms with Gasteiger partial charge in [-0.3, -0.25) is 4.79 Å². The van der Waals surface area contributed by atoms with Gasteiger partial charge < -0.3 is 15.5 Å². The molecule has 1 amide bonds. The second-order valence-corrected chi connectivity index (χ2v) is 5.90. The molecule has 0 fully saturated rings. The molecule has 7 heteroatoms. The van der Waals surface area contributed by atoms with Crippen LogP contribution in [0.15, 0.2) is 29.6 Å². The van der Waals surface area contributed by atoms with Crippen molar-refractivity contribution in [3.05, 3.63) is 35.3 Å². The van der Waals surface area contributed by atoms with Crippen LogP contribution in [0, 0.1) is 0 Å². The fraction of sp³-hybridized carbons (Fsp3) is 0.333. The predicted octanol–water partition coefficient (Wildman–Crippen LogP) is 3.35. The van der Waals surface area contributed by atoms with Gasteiger partial charge in [0.05, 0.1) is 23.6 Å². The average molecular weight is 339 g/mol. The van der Waals surface area contributed by atoms with Gasteiger partial charge in [-0.25, -0.2) is 4.98 Å². The van der Waals surface area contributed by atoms with Crippen LogP contribution in [-0.4, -0.2) is 24.0 Å². The Bertz CT molecular complexity index is 646. The summed E-state index contributed by atoms with van der Waals surface area (Å²) in [5, 5.41) is 8.86. The Kier molecular flexibility index (Phi) is 5.63. The first-order chi connectivity index (χ1) is 10.2. The lowest BCUT2D eigenvalue weighted by molar-refractivity contribution is -0.114. The summed E-state index contributed by atoms with van der Waals surface area (Å²) >= 11 is 1.47. The first-order valence-electron chi connectivity index (χ1n) is 7.02. The second kappa shape index (κ2) is 7.47. The second-order valence-electron chi connectivity index (χ2n) is 5.04. The molecule has 1 aromatic carbocycles. The number of hydrogen-bond donors (Lipinski definition) is 2. The number of hydrogen-bond acceptors (Lipinski definition) is 5. The van der Waals surface area contributed by atoms with Gasteiger partial charge in [0.1, 0.15) is 0 Å². The molecule has 1 aliphatic rings. The van der Waals surface area contributed by atoms with Crippen molar-refractivity contribution in [1.29, 1.82) is 0 Å². The molecule has 2 heterocycles. The molecule has 3 rings (SSSR count). The number of rotatable bonds is 3. The third kappa shape index (κ3) is 3.90. The quantitative estimate of drug-likeness (QED) is 0.901. The van der Waals surface area contributed by atoms with Gasteiger partial charge in [-0.1, -0.05) is 12.1 Å². The highest BCUT2D eigenvalue weighted by atomic mass is 35.5. The van der Waals surface area contributed by atoms with E-state index in [4.69, 9.17) is 0 Å². The molecule has 2 aromatic rings. The molecule has 22 heavy (non-hydrogen) atoms. The van der Waals surface area contributed by atoms with Crippen LogP contribution in [0.25, 0.3) is 0 Å². The Morgan fingerprint density at radius 1 is 1.45 bits per heavy atom. The molecule has 0 spiro atoms.